The van der Waals surface area contributed by atoms with Gasteiger partial charge in [-0.15, -0.1) is 0 Å². The Bertz CT molecular complexity index is 458. The maximum absolute atomic E-state index is 8.86. The van der Waals surface area contributed by atoms with Crippen LogP contribution in [-0.4, -0.2) is 25.3 Å². The molecule has 0 saturated carbocycles. The first-order valence-corrected chi connectivity index (χ1v) is 4.67. The van der Waals surface area contributed by atoms with Crippen molar-refractivity contribution in [3.63, 3.8) is 0 Å². The average molecular weight is 204 g/mol. The van der Waals surface area contributed by atoms with E-state index in [-0.39, 0.29) is 6.61 Å². The van der Waals surface area contributed by atoms with Gasteiger partial charge in [0.15, 0.2) is 11.6 Å². The van der Waals surface area contributed by atoms with Gasteiger partial charge in [-0.05, 0) is 26.0 Å². The van der Waals surface area contributed by atoms with Crippen LogP contribution < -0.4 is 0 Å². The monoisotopic (exact) mass is 204 g/mol. The number of rotatable bonds is 2. The van der Waals surface area contributed by atoms with Gasteiger partial charge in [-0.1, -0.05) is 0 Å². The van der Waals surface area contributed by atoms with Crippen LogP contribution in [0.25, 0.3) is 11.4 Å². The molecular weight excluding hydrogens is 192 g/mol. The number of nitrogens with zero attached hydrogens (tertiary/aromatic N) is 3. The molecule has 5 nitrogen and oxygen atoms in total. The zero-order chi connectivity index (χ0) is 10.8. The van der Waals surface area contributed by atoms with Gasteiger partial charge in [0.1, 0.15) is 6.61 Å². The third-order valence-electron chi connectivity index (χ3n) is 2.02. The fourth-order valence-corrected chi connectivity index (χ4v) is 1.46. The SMILES string of the molecule is Cc1cc(-c2n[nH]c(CO)n2)cc(C)n1. The molecule has 0 aliphatic carbocycles. The maximum atomic E-state index is 8.86. The molecule has 0 fully saturated rings. The number of aromatic amines is 1. The highest BCUT2D eigenvalue weighted by Crippen LogP contribution is 2.16. The number of nitrogens with one attached hydrogen (secondary N) is 1. The topological polar surface area (TPSA) is 74.7 Å². The average Bonchev–Trinajstić information content (AvgIpc) is 2.64. The molecule has 0 aliphatic heterocycles. The number of aromatic nitrogens is 4. The fraction of sp³-hybridized carbons (Fsp3) is 0.300. The predicted octanol–water partition coefficient (Wildman–Crippen LogP) is 0.976. The van der Waals surface area contributed by atoms with Gasteiger partial charge in [-0.2, -0.15) is 5.10 Å². The first-order chi connectivity index (χ1) is 7.19. The molecule has 0 radical (unpaired) electrons. The second-order valence-electron chi connectivity index (χ2n) is 3.40. The number of aryl methyl sites for hydroxylation is 2. The molecule has 0 bridgehead atoms. The molecule has 0 amide bonds. The summed E-state index contributed by atoms with van der Waals surface area (Å²) in [4.78, 5) is 8.41. The largest absolute Gasteiger partial charge is 0.388 e. The quantitative estimate of drug-likeness (QED) is 0.764. The summed E-state index contributed by atoms with van der Waals surface area (Å²) in [6.07, 6.45) is 0. The van der Waals surface area contributed by atoms with E-state index in [2.05, 4.69) is 20.2 Å². The molecule has 0 saturated heterocycles. The third-order valence-corrected chi connectivity index (χ3v) is 2.02. The Balaban J connectivity index is 2.44. The van der Waals surface area contributed by atoms with Gasteiger partial charge < -0.3 is 5.11 Å². The highest BCUT2D eigenvalue weighted by atomic mass is 16.3. The van der Waals surface area contributed by atoms with Crippen molar-refractivity contribution in [3.05, 3.63) is 29.3 Å². The summed E-state index contributed by atoms with van der Waals surface area (Å²) >= 11 is 0. The molecule has 0 atom stereocenters. The van der Waals surface area contributed by atoms with Crippen LogP contribution in [0.15, 0.2) is 12.1 Å². The van der Waals surface area contributed by atoms with E-state index in [9.17, 15) is 0 Å². The molecule has 2 aromatic rings. The Morgan fingerprint density at radius 1 is 1.20 bits per heavy atom. The summed E-state index contributed by atoms with van der Waals surface area (Å²) in [6.45, 7) is 3.72. The van der Waals surface area contributed by atoms with Crippen LogP contribution >= 0.6 is 0 Å². The van der Waals surface area contributed by atoms with Crippen LogP contribution in [-0.2, 0) is 6.61 Å². The van der Waals surface area contributed by atoms with Gasteiger partial charge >= 0.3 is 0 Å². The molecule has 2 rings (SSSR count). The second-order valence-corrected chi connectivity index (χ2v) is 3.40. The van der Waals surface area contributed by atoms with E-state index in [1.165, 1.54) is 0 Å². The Morgan fingerprint density at radius 3 is 2.40 bits per heavy atom. The van der Waals surface area contributed by atoms with Crippen LogP contribution in [0.1, 0.15) is 17.2 Å². The predicted molar refractivity (Wildman–Crippen MR) is 55.0 cm³/mol. The Hall–Kier alpha value is -1.75. The van der Waals surface area contributed by atoms with E-state index < -0.39 is 0 Å². The molecule has 0 unspecified atom stereocenters. The summed E-state index contributed by atoms with van der Waals surface area (Å²) in [5, 5.41) is 15.5. The van der Waals surface area contributed by atoms with Crippen molar-refractivity contribution in [1.29, 1.82) is 0 Å². The lowest BCUT2D eigenvalue weighted by atomic mass is 10.2. The highest BCUT2D eigenvalue weighted by molar-refractivity contribution is 5.55. The molecule has 2 N–H and O–H groups in total. The molecule has 0 aliphatic rings. The number of hydrogen-bond acceptors (Lipinski definition) is 4. The minimum Gasteiger partial charge on any atom is -0.388 e. The normalized spacial score (nSPS) is 10.6. The summed E-state index contributed by atoms with van der Waals surface area (Å²) < 4.78 is 0. The number of hydrogen-bond donors (Lipinski definition) is 2. The summed E-state index contributed by atoms with van der Waals surface area (Å²) in [6, 6.07) is 3.83. The Kier molecular flexibility index (Phi) is 2.47. The lowest BCUT2D eigenvalue weighted by Crippen LogP contribution is -1.89. The van der Waals surface area contributed by atoms with Crippen LogP contribution in [0.2, 0.25) is 0 Å². The lowest BCUT2D eigenvalue weighted by Gasteiger charge is -1.99. The Labute approximate surface area is 87.2 Å². The molecule has 0 spiro atoms. The van der Waals surface area contributed by atoms with Crippen molar-refractivity contribution in [2.24, 2.45) is 0 Å². The molecule has 5 heteroatoms. The van der Waals surface area contributed by atoms with Crippen molar-refractivity contribution in [1.82, 2.24) is 20.2 Å². The van der Waals surface area contributed by atoms with Gasteiger partial charge in [-0.3, -0.25) is 10.1 Å². The van der Waals surface area contributed by atoms with Crippen molar-refractivity contribution in [2.75, 3.05) is 0 Å². The van der Waals surface area contributed by atoms with E-state index in [0.29, 0.717) is 11.6 Å². The van der Waals surface area contributed by atoms with Crippen LogP contribution in [0.3, 0.4) is 0 Å². The molecule has 2 aromatic heterocycles. The number of aliphatic hydroxyl groups is 1. The van der Waals surface area contributed by atoms with Crippen molar-refractivity contribution >= 4 is 0 Å². The van der Waals surface area contributed by atoms with E-state index in [1.807, 2.05) is 26.0 Å². The molecule has 15 heavy (non-hydrogen) atoms. The highest BCUT2D eigenvalue weighted by Gasteiger charge is 2.06. The van der Waals surface area contributed by atoms with Gasteiger partial charge in [0.25, 0.3) is 0 Å². The minimum atomic E-state index is -0.129. The molecule has 78 valence electrons. The van der Waals surface area contributed by atoms with Crippen molar-refractivity contribution < 1.29 is 5.11 Å². The first-order valence-electron chi connectivity index (χ1n) is 4.67. The summed E-state index contributed by atoms with van der Waals surface area (Å²) in [5.41, 5.74) is 2.77. The number of H-pyrrole nitrogens is 1. The van der Waals surface area contributed by atoms with Gasteiger partial charge in [0.05, 0.1) is 0 Å². The van der Waals surface area contributed by atoms with E-state index in [4.69, 9.17) is 5.11 Å². The second kappa shape index (κ2) is 3.78. The van der Waals surface area contributed by atoms with Gasteiger partial charge in [0, 0.05) is 17.0 Å². The van der Waals surface area contributed by atoms with Crippen LogP contribution in [0.5, 0.6) is 0 Å². The first kappa shape index (κ1) is 9.79. The zero-order valence-corrected chi connectivity index (χ0v) is 8.65. The lowest BCUT2D eigenvalue weighted by molar-refractivity contribution is 0.272. The van der Waals surface area contributed by atoms with Crippen molar-refractivity contribution in [2.45, 2.75) is 20.5 Å². The number of pyridine rings is 1. The molecule has 0 aromatic carbocycles. The van der Waals surface area contributed by atoms with E-state index >= 15 is 0 Å². The van der Waals surface area contributed by atoms with Gasteiger partial charge in [-0.25, -0.2) is 4.98 Å². The van der Waals surface area contributed by atoms with Crippen LogP contribution in [0, 0.1) is 13.8 Å². The van der Waals surface area contributed by atoms with Crippen LogP contribution in [0.4, 0.5) is 0 Å². The van der Waals surface area contributed by atoms with E-state index in [0.717, 1.165) is 17.0 Å². The van der Waals surface area contributed by atoms with Crippen molar-refractivity contribution in [3.8, 4) is 11.4 Å². The minimum absolute atomic E-state index is 0.129. The molecular formula is C10H12N4O. The fourth-order valence-electron chi connectivity index (χ4n) is 1.46. The number of aliphatic hydroxyl groups excluding tert-OH is 1. The smallest absolute Gasteiger partial charge is 0.181 e. The van der Waals surface area contributed by atoms with E-state index in [1.54, 1.807) is 0 Å². The summed E-state index contributed by atoms with van der Waals surface area (Å²) in [5.74, 6) is 1.06. The maximum Gasteiger partial charge on any atom is 0.181 e. The van der Waals surface area contributed by atoms with Gasteiger partial charge in [0.2, 0.25) is 0 Å². The zero-order valence-electron chi connectivity index (χ0n) is 8.65. The molecule has 2 heterocycles. The Morgan fingerprint density at radius 2 is 1.87 bits per heavy atom. The third kappa shape index (κ3) is 2.02. The summed E-state index contributed by atoms with van der Waals surface area (Å²) in [7, 11) is 0. The standard InChI is InChI=1S/C10H12N4O/c1-6-3-8(4-7(2)11-6)10-12-9(5-15)13-14-10/h3-4,15H,5H2,1-2H3,(H,12,13,14).